The van der Waals surface area contributed by atoms with E-state index >= 15 is 0 Å². The molecule has 1 aromatic heterocycles. The van der Waals surface area contributed by atoms with Gasteiger partial charge in [0.1, 0.15) is 0 Å². The molecule has 1 atom stereocenters. The van der Waals surface area contributed by atoms with E-state index < -0.39 is 5.95 Å². The average Bonchev–Trinajstić information content (AvgIpc) is 2.20. The monoisotopic (exact) mass is 182 g/mol. The van der Waals surface area contributed by atoms with Crippen LogP contribution in [0, 0.1) is 5.95 Å². The summed E-state index contributed by atoms with van der Waals surface area (Å²) in [6.07, 6.45) is 1.54. The summed E-state index contributed by atoms with van der Waals surface area (Å²) < 4.78 is 17.8. The van der Waals surface area contributed by atoms with Crippen molar-refractivity contribution in [2.24, 2.45) is 0 Å². The van der Waals surface area contributed by atoms with Gasteiger partial charge in [0.2, 0.25) is 5.95 Å². The first-order valence-corrected chi connectivity index (χ1v) is 4.29. The molecule has 4 heteroatoms. The number of aromatic nitrogens is 1. The van der Waals surface area contributed by atoms with Crippen molar-refractivity contribution in [3.05, 3.63) is 29.8 Å². The molecule has 0 amide bonds. The molecular formula is C9H11FN2O. The second kappa shape index (κ2) is 3.81. The lowest BCUT2D eigenvalue weighted by molar-refractivity contribution is 0.0767. The molecule has 1 saturated heterocycles. The fourth-order valence-corrected chi connectivity index (χ4v) is 1.37. The molecule has 1 aliphatic rings. The fourth-order valence-electron chi connectivity index (χ4n) is 1.37. The standard InChI is InChI=1S/C9H11FN2O/c10-9-2-1-7(5-12-9)8-6-13-4-3-11-8/h1-2,5,8,11H,3-4,6H2. The van der Waals surface area contributed by atoms with Gasteiger partial charge in [-0.25, -0.2) is 4.98 Å². The molecule has 0 aromatic carbocycles. The normalized spacial score (nSPS) is 23.0. The highest BCUT2D eigenvalue weighted by Crippen LogP contribution is 2.14. The Labute approximate surface area is 75.9 Å². The number of hydrogen-bond donors (Lipinski definition) is 1. The van der Waals surface area contributed by atoms with Crippen LogP contribution in [0.2, 0.25) is 0 Å². The molecule has 1 fully saturated rings. The number of morpholine rings is 1. The number of nitrogens with zero attached hydrogens (tertiary/aromatic N) is 1. The molecule has 70 valence electrons. The maximum atomic E-state index is 12.5. The van der Waals surface area contributed by atoms with Crippen LogP contribution in [0.25, 0.3) is 0 Å². The van der Waals surface area contributed by atoms with E-state index in [1.165, 1.54) is 6.07 Å². The molecule has 1 aliphatic heterocycles. The first-order chi connectivity index (χ1) is 6.36. The summed E-state index contributed by atoms with van der Waals surface area (Å²) in [5.41, 5.74) is 0.973. The van der Waals surface area contributed by atoms with Crippen molar-refractivity contribution in [1.82, 2.24) is 10.3 Å². The summed E-state index contributed by atoms with van der Waals surface area (Å²) in [6, 6.07) is 3.25. The van der Waals surface area contributed by atoms with Crippen molar-refractivity contribution in [3.63, 3.8) is 0 Å². The van der Waals surface area contributed by atoms with Crippen molar-refractivity contribution in [1.29, 1.82) is 0 Å². The summed E-state index contributed by atoms with van der Waals surface area (Å²) in [7, 11) is 0. The summed E-state index contributed by atoms with van der Waals surface area (Å²) in [5.74, 6) is -0.444. The Morgan fingerprint density at radius 1 is 1.54 bits per heavy atom. The van der Waals surface area contributed by atoms with Crippen molar-refractivity contribution < 1.29 is 9.13 Å². The number of halogens is 1. The Balaban J connectivity index is 2.10. The molecular weight excluding hydrogens is 171 g/mol. The molecule has 0 saturated carbocycles. The van der Waals surface area contributed by atoms with Gasteiger partial charge < -0.3 is 10.1 Å². The van der Waals surface area contributed by atoms with Gasteiger partial charge in [-0.3, -0.25) is 0 Å². The minimum absolute atomic E-state index is 0.154. The predicted octanol–water partition coefficient (Wildman–Crippen LogP) is 0.882. The van der Waals surface area contributed by atoms with Gasteiger partial charge in [-0.2, -0.15) is 4.39 Å². The van der Waals surface area contributed by atoms with Crippen LogP contribution in [-0.2, 0) is 4.74 Å². The van der Waals surface area contributed by atoms with Crippen molar-refractivity contribution in [2.45, 2.75) is 6.04 Å². The summed E-state index contributed by atoms with van der Waals surface area (Å²) in [6.45, 7) is 2.21. The zero-order chi connectivity index (χ0) is 9.10. The van der Waals surface area contributed by atoms with E-state index in [9.17, 15) is 4.39 Å². The van der Waals surface area contributed by atoms with E-state index in [0.717, 1.165) is 18.7 Å². The third-order valence-corrected chi connectivity index (χ3v) is 2.07. The van der Waals surface area contributed by atoms with Gasteiger partial charge in [-0.1, -0.05) is 6.07 Å². The summed E-state index contributed by atoms with van der Waals surface area (Å²) in [5, 5.41) is 3.27. The lowest BCUT2D eigenvalue weighted by Crippen LogP contribution is -2.34. The van der Waals surface area contributed by atoms with Crippen LogP contribution in [0.1, 0.15) is 11.6 Å². The minimum Gasteiger partial charge on any atom is -0.378 e. The van der Waals surface area contributed by atoms with E-state index in [-0.39, 0.29) is 6.04 Å². The van der Waals surface area contributed by atoms with E-state index in [1.54, 1.807) is 12.3 Å². The van der Waals surface area contributed by atoms with Gasteiger partial charge in [-0.05, 0) is 11.6 Å². The molecule has 0 bridgehead atoms. The second-order valence-corrected chi connectivity index (χ2v) is 3.00. The molecule has 13 heavy (non-hydrogen) atoms. The molecule has 2 heterocycles. The number of ether oxygens (including phenoxy) is 1. The number of pyridine rings is 1. The zero-order valence-electron chi connectivity index (χ0n) is 7.16. The van der Waals surface area contributed by atoms with Gasteiger partial charge in [0.25, 0.3) is 0 Å². The maximum Gasteiger partial charge on any atom is 0.212 e. The van der Waals surface area contributed by atoms with Crippen LogP contribution in [0.4, 0.5) is 4.39 Å². The SMILES string of the molecule is Fc1ccc(C2COCCN2)cn1. The molecule has 3 nitrogen and oxygen atoms in total. The van der Waals surface area contributed by atoms with Gasteiger partial charge in [0.15, 0.2) is 0 Å². The van der Waals surface area contributed by atoms with Crippen LogP contribution in [-0.4, -0.2) is 24.7 Å². The fraction of sp³-hybridized carbons (Fsp3) is 0.444. The zero-order valence-corrected chi connectivity index (χ0v) is 7.16. The first kappa shape index (κ1) is 8.59. The number of rotatable bonds is 1. The molecule has 2 rings (SSSR count). The Morgan fingerprint density at radius 2 is 2.46 bits per heavy atom. The third kappa shape index (κ3) is 2.02. The molecule has 1 unspecified atom stereocenters. The Bertz CT molecular complexity index is 269. The first-order valence-electron chi connectivity index (χ1n) is 4.29. The minimum atomic E-state index is -0.444. The lowest BCUT2D eigenvalue weighted by Gasteiger charge is -2.23. The van der Waals surface area contributed by atoms with Crippen molar-refractivity contribution in [2.75, 3.05) is 19.8 Å². The smallest absolute Gasteiger partial charge is 0.212 e. The highest BCUT2D eigenvalue weighted by atomic mass is 19.1. The van der Waals surface area contributed by atoms with Crippen LogP contribution in [0.3, 0.4) is 0 Å². The molecule has 0 radical (unpaired) electrons. The molecule has 0 spiro atoms. The van der Waals surface area contributed by atoms with Crippen LogP contribution in [0.15, 0.2) is 18.3 Å². The number of hydrogen-bond acceptors (Lipinski definition) is 3. The van der Waals surface area contributed by atoms with E-state index in [1.807, 2.05) is 0 Å². The Hall–Kier alpha value is -1.00. The van der Waals surface area contributed by atoms with E-state index in [4.69, 9.17) is 4.74 Å². The maximum absolute atomic E-state index is 12.5. The average molecular weight is 182 g/mol. The van der Waals surface area contributed by atoms with Crippen LogP contribution < -0.4 is 5.32 Å². The van der Waals surface area contributed by atoms with Crippen LogP contribution in [0.5, 0.6) is 0 Å². The molecule has 1 aromatic rings. The number of nitrogens with one attached hydrogen (secondary N) is 1. The van der Waals surface area contributed by atoms with Gasteiger partial charge >= 0.3 is 0 Å². The summed E-state index contributed by atoms with van der Waals surface area (Å²) >= 11 is 0. The van der Waals surface area contributed by atoms with Crippen LogP contribution >= 0.6 is 0 Å². The molecule has 0 aliphatic carbocycles. The van der Waals surface area contributed by atoms with Gasteiger partial charge in [-0.15, -0.1) is 0 Å². The second-order valence-electron chi connectivity index (χ2n) is 3.00. The van der Waals surface area contributed by atoms with E-state index in [0.29, 0.717) is 6.61 Å². The van der Waals surface area contributed by atoms with Gasteiger partial charge in [0, 0.05) is 12.7 Å². The third-order valence-electron chi connectivity index (χ3n) is 2.07. The van der Waals surface area contributed by atoms with E-state index in [2.05, 4.69) is 10.3 Å². The lowest BCUT2D eigenvalue weighted by atomic mass is 10.1. The largest absolute Gasteiger partial charge is 0.378 e. The predicted molar refractivity (Wildman–Crippen MR) is 45.8 cm³/mol. The highest BCUT2D eigenvalue weighted by molar-refractivity contribution is 5.14. The Morgan fingerprint density at radius 3 is 3.08 bits per heavy atom. The van der Waals surface area contributed by atoms with Gasteiger partial charge in [0.05, 0.1) is 19.3 Å². The van der Waals surface area contributed by atoms with Crippen molar-refractivity contribution >= 4 is 0 Å². The Kier molecular flexibility index (Phi) is 2.52. The quantitative estimate of drug-likeness (QED) is 0.655. The highest BCUT2D eigenvalue weighted by Gasteiger charge is 2.14. The molecule has 1 N–H and O–H groups in total. The topological polar surface area (TPSA) is 34.1 Å². The summed E-state index contributed by atoms with van der Waals surface area (Å²) in [4.78, 5) is 3.59. The van der Waals surface area contributed by atoms with Crippen molar-refractivity contribution in [3.8, 4) is 0 Å².